The van der Waals surface area contributed by atoms with Crippen LogP contribution in [0.2, 0.25) is 0 Å². The van der Waals surface area contributed by atoms with Crippen LogP contribution in [0.15, 0.2) is 35.5 Å². The van der Waals surface area contributed by atoms with Crippen LogP contribution in [-0.2, 0) is 4.79 Å². The topological polar surface area (TPSA) is 61.4 Å². The van der Waals surface area contributed by atoms with Gasteiger partial charge in [-0.3, -0.25) is 9.78 Å². The third-order valence-electron chi connectivity index (χ3n) is 4.87. The van der Waals surface area contributed by atoms with Crippen molar-refractivity contribution in [3.05, 3.63) is 46.9 Å². The summed E-state index contributed by atoms with van der Waals surface area (Å²) in [7, 11) is 2.11. The number of halogens is 1. The fraction of sp³-hybridized carbons (Fsp3) is 0.300. The van der Waals surface area contributed by atoms with Crippen molar-refractivity contribution in [2.24, 2.45) is 0 Å². The normalized spacial score (nSPS) is 19.5. The average Bonchev–Trinajstić information content (AvgIpc) is 2.89. The number of thioether (sulfide) groups is 1. The maximum atomic E-state index is 14.6. The van der Waals surface area contributed by atoms with Crippen molar-refractivity contribution in [3.8, 4) is 11.3 Å². The zero-order valence-electron chi connectivity index (χ0n) is 15.9. The molecule has 1 N–H and O–H groups in total. The fourth-order valence-electron chi connectivity index (χ4n) is 3.31. The van der Waals surface area contributed by atoms with Crippen LogP contribution >= 0.6 is 24.0 Å². The Balaban J connectivity index is 1.64. The predicted molar refractivity (Wildman–Crippen MR) is 118 cm³/mol. The van der Waals surface area contributed by atoms with E-state index >= 15 is 0 Å². The van der Waals surface area contributed by atoms with Crippen LogP contribution in [0.4, 0.5) is 10.2 Å². The lowest BCUT2D eigenvalue weighted by molar-refractivity contribution is -0.115. The molecule has 4 rings (SSSR count). The Hall–Kier alpha value is -2.36. The summed E-state index contributed by atoms with van der Waals surface area (Å²) in [6, 6.07) is 4.69. The van der Waals surface area contributed by atoms with Gasteiger partial charge >= 0.3 is 0 Å². The highest BCUT2D eigenvalue weighted by molar-refractivity contribution is 8.26. The van der Waals surface area contributed by atoms with E-state index in [2.05, 4.69) is 32.1 Å². The van der Waals surface area contributed by atoms with Gasteiger partial charge < -0.3 is 15.1 Å². The highest BCUT2D eigenvalue weighted by Gasteiger charge is 2.22. The number of carbonyl (C=O) groups excluding carboxylic acids is 1. The molecule has 2 aromatic rings. The van der Waals surface area contributed by atoms with E-state index in [0.29, 0.717) is 26.0 Å². The largest absolute Gasteiger partial charge is 0.354 e. The molecule has 3 heterocycles. The van der Waals surface area contributed by atoms with E-state index in [-0.39, 0.29) is 11.7 Å². The number of aromatic nitrogens is 2. The van der Waals surface area contributed by atoms with Crippen LogP contribution in [0.5, 0.6) is 0 Å². The molecule has 0 radical (unpaired) electrons. The van der Waals surface area contributed by atoms with Gasteiger partial charge in [-0.1, -0.05) is 30.0 Å². The SMILES string of the molecule is CN1CCCN(c2cncc(-c3cc(/C=C4/SC(=S)NC4=O)ccc3F)n2)CC1. The van der Waals surface area contributed by atoms with E-state index in [9.17, 15) is 9.18 Å². The molecule has 2 aliphatic heterocycles. The molecule has 0 aliphatic carbocycles. The maximum absolute atomic E-state index is 14.6. The molecule has 9 heteroatoms. The lowest BCUT2D eigenvalue weighted by Crippen LogP contribution is -2.29. The van der Waals surface area contributed by atoms with E-state index in [0.717, 1.165) is 38.4 Å². The first-order valence-electron chi connectivity index (χ1n) is 9.30. The third kappa shape index (κ3) is 4.63. The molecule has 0 unspecified atom stereocenters. The van der Waals surface area contributed by atoms with Gasteiger partial charge in [-0.15, -0.1) is 0 Å². The molecule has 0 spiro atoms. The first-order valence-corrected chi connectivity index (χ1v) is 10.5. The monoisotopic (exact) mass is 429 g/mol. The lowest BCUT2D eigenvalue weighted by Gasteiger charge is -2.21. The van der Waals surface area contributed by atoms with Crippen molar-refractivity contribution < 1.29 is 9.18 Å². The number of likely N-dealkylation sites (N-methyl/N-ethyl adjacent to an activating group) is 1. The van der Waals surface area contributed by atoms with Crippen molar-refractivity contribution in [1.29, 1.82) is 0 Å². The Morgan fingerprint density at radius 3 is 2.90 bits per heavy atom. The first-order chi connectivity index (χ1) is 14.0. The number of hydrogen-bond donors (Lipinski definition) is 1. The molecule has 2 fully saturated rings. The minimum absolute atomic E-state index is 0.237. The molecule has 2 saturated heterocycles. The van der Waals surface area contributed by atoms with E-state index in [1.165, 1.54) is 17.8 Å². The number of benzene rings is 1. The van der Waals surface area contributed by atoms with Crippen molar-refractivity contribution in [3.63, 3.8) is 0 Å². The van der Waals surface area contributed by atoms with Gasteiger partial charge in [0, 0.05) is 25.2 Å². The molecule has 150 valence electrons. The van der Waals surface area contributed by atoms with Gasteiger partial charge in [0.1, 0.15) is 16.0 Å². The zero-order chi connectivity index (χ0) is 20.4. The van der Waals surface area contributed by atoms with Gasteiger partial charge in [-0.05, 0) is 43.8 Å². The van der Waals surface area contributed by atoms with Crippen LogP contribution in [0.25, 0.3) is 17.3 Å². The van der Waals surface area contributed by atoms with Crippen molar-refractivity contribution in [2.45, 2.75) is 6.42 Å². The summed E-state index contributed by atoms with van der Waals surface area (Å²) >= 11 is 6.21. The van der Waals surface area contributed by atoms with E-state index in [1.54, 1.807) is 30.6 Å². The summed E-state index contributed by atoms with van der Waals surface area (Å²) in [5, 5.41) is 2.58. The van der Waals surface area contributed by atoms with E-state index < -0.39 is 0 Å². The first kappa shape index (κ1) is 19.9. The molecule has 1 aromatic carbocycles. The number of amides is 1. The Bertz CT molecular complexity index is 997. The van der Waals surface area contributed by atoms with Gasteiger partial charge in [0.25, 0.3) is 5.91 Å². The van der Waals surface area contributed by atoms with Gasteiger partial charge in [-0.25, -0.2) is 9.37 Å². The van der Waals surface area contributed by atoms with Gasteiger partial charge in [0.15, 0.2) is 0 Å². The standard InChI is InChI=1S/C20H20FN5OS2/c1-25-5-2-6-26(8-7-25)18-12-22-11-16(23-18)14-9-13(3-4-15(14)21)10-17-19(27)24-20(28)29-17/h3-4,9-12H,2,5-8H2,1H3,(H,24,27,28)/b17-10+. The minimum atomic E-state index is -0.381. The van der Waals surface area contributed by atoms with Gasteiger partial charge in [0.2, 0.25) is 0 Å². The summed E-state index contributed by atoms with van der Waals surface area (Å²) in [6.45, 7) is 3.74. The second-order valence-corrected chi connectivity index (χ2v) is 8.72. The number of nitrogens with one attached hydrogen (secondary N) is 1. The summed E-state index contributed by atoms with van der Waals surface area (Å²) in [6.07, 6.45) is 6.03. The molecule has 0 atom stereocenters. The smallest absolute Gasteiger partial charge is 0.263 e. The van der Waals surface area contributed by atoms with Gasteiger partial charge in [0.05, 0.1) is 23.0 Å². The molecule has 0 saturated carbocycles. The Kier molecular flexibility index (Phi) is 5.89. The molecule has 1 aromatic heterocycles. The van der Waals surface area contributed by atoms with Crippen LogP contribution < -0.4 is 10.2 Å². The van der Waals surface area contributed by atoms with Crippen molar-refractivity contribution >= 4 is 46.1 Å². The van der Waals surface area contributed by atoms with E-state index in [1.807, 2.05) is 0 Å². The molecule has 2 aliphatic rings. The van der Waals surface area contributed by atoms with Crippen molar-refractivity contribution in [1.82, 2.24) is 20.2 Å². The maximum Gasteiger partial charge on any atom is 0.263 e. The second kappa shape index (κ2) is 8.56. The summed E-state index contributed by atoms with van der Waals surface area (Å²) in [5.74, 6) is 0.129. The number of thiocarbonyl (C=S) groups is 1. The highest BCUT2D eigenvalue weighted by atomic mass is 32.2. The Morgan fingerprint density at radius 1 is 1.24 bits per heavy atom. The summed E-state index contributed by atoms with van der Waals surface area (Å²) < 4.78 is 15.0. The Labute approximate surface area is 178 Å². The number of anilines is 1. The highest BCUT2D eigenvalue weighted by Crippen LogP contribution is 2.29. The quantitative estimate of drug-likeness (QED) is 0.595. The van der Waals surface area contributed by atoms with Gasteiger partial charge in [-0.2, -0.15) is 0 Å². The molecule has 6 nitrogen and oxygen atoms in total. The Morgan fingerprint density at radius 2 is 2.10 bits per heavy atom. The predicted octanol–water partition coefficient (Wildman–Crippen LogP) is 2.91. The molecular weight excluding hydrogens is 409 g/mol. The van der Waals surface area contributed by atoms with Crippen molar-refractivity contribution in [2.75, 3.05) is 38.1 Å². The van der Waals surface area contributed by atoms with E-state index in [4.69, 9.17) is 12.2 Å². The number of carbonyl (C=O) groups is 1. The van der Waals surface area contributed by atoms with Crippen LogP contribution in [0.3, 0.4) is 0 Å². The summed E-state index contributed by atoms with van der Waals surface area (Å²) in [5.41, 5.74) is 1.52. The second-order valence-electron chi connectivity index (χ2n) is 7.00. The molecule has 29 heavy (non-hydrogen) atoms. The minimum Gasteiger partial charge on any atom is -0.354 e. The molecule has 1 amide bonds. The third-order valence-corrected chi connectivity index (χ3v) is 6.03. The number of nitrogens with zero attached hydrogens (tertiary/aromatic N) is 4. The van der Waals surface area contributed by atoms with Crippen LogP contribution in [0, 0.1) is 5.82 Å². The summed E-state index contributed by atoms with van der Waals surface area (Å²) in [4.78, 5) is 25.8. The number of rotatable bonds is 3. The van der Waals surface area contributed by atoms with Crippen LogP contribution in [0.1, 0.15) is 12.0 Å². The van der Waals surface area contributed by atoms with Crippen LogP contribution in [-0.4, -0.2) is 58.3 Å². The molecule has 0 bridgehead atoms. The number of hydrogen-bond acceptors (Lipinski definition) is 7. The fourth-order valence-corrected chi connectivity index (χ4v) is 4.36. The lowest BCUT2D eigenvalue weighted by atomic mass is 10.1. The zero-order valence-corrected chi connectivity index (χ0v) is 17.5. The average molecular weight is 430 g/mol. The molecular formula is C20H20FN5OS2.